The molecule has 2 aromatic heterocycles. The molecule has 1 saturated heterocycles. The van der Waals surface area contributed by atoms with Crippen LogP contribution in [0.15, 0.2) is 34.7 Å². The molecule has 0 bridgehead atoms. The average molecular weight is 380 g/mol. The molecule has 1 aliphatic heterocycles. The zero-order chi connectivity index (χ0) is 19.8. The van der Waals surface area contributed by atoms with Gasteiger partial charge in [0.15, 0.2) is 5.76 Å². The van der Waals surface area contributed by atoms with Gasteiger partial charge in [-0.05, 0) is 26.0 Å². The number of piperazine rings is 1. The van der Waals surface area contributed by atoms with Crippen LogP contribution in [0.5, 0.6) is 0 Å². The number of carbonyl (C=O) groups excluding carboxylic acids is 2. The van der Waals surface area contributed by atoms with E-state index in [1.807, 2.05) is 54.7 Å². The van der Waals surface area contributed by atoms with E-state index in [2.05, 4.69) is 5.10 Å². The fourth-order valence-corrected chi connectivity index (χ4v) is 3.74. The van der Waals surface area contributed by atoms with Crippen molar-refractivity contribution in [1.29, 1.82) is 0 Å². The molecule has 3 aromatic rings. The van der Waals surface area contributed by atoms with Gasteiger partial charge < -0.3 is 14.2 Å². The molecule has 0 atom stereocenters. The summed E-state index contributed by atoms with van der Waals surface area (Å²) in [6.45, 7) is 5.98. The van der Waals surface area contributed by atoms with Gasteiger partial charge in [0.1, 0.15) is 5.58 Å². The molecule has 0 N–H and O–H groups in total. The van der Waals surface area contributed by atoms with Crippen LogP contribution in [-0.2, 0) is 18.3 Å². The van der Waals surface area contributed by atoms with Gasteiger partial charge in [0, 0.05) is 49.9 Å². The molecule has 0 spiro atoms. The van der Waals surface area contributed by atoms with Crippen LogP contribution in [0, 0.1) is 13.8 Å². The van der Waals surface area contributed by atoms with Crippen LogP contribution in [0.1, 0.15) is 27.5 Å². The van der Waals surface area contributed by atoms with Gasteiger partial charge in [-0.3, -0.25) is 14.3 Å². The van der Waals surface area contributed by atoms with Crippen molar-refractivity contribution in [1.82, 2.24) is 19.6 Å². The molecule has 0 saturated carbocycles. The summed E-state index contributed by atoms with van der Waals surface area (Å²) in [7, 11) is 1.89. The maximum Gasteiger partial charge on any atom is 0.289 e. The van der Waals surface area contributed by atoms with E-state index >= 15 is 0 Å². The largest absolute Gasteiger partial charge is 0.451 e. The van der Waals surface area contributed by atoms with Crippen molar-refractivity contribution in [2.45, 2.75) is 20.3 Å². The maximum absolute atomic E-state index is 12.7. The lowest BCUT2D eigenvalue weighted by atomic mass is 10.1. The minimum Gasteiger partial charge on any atom is -0.451 e. The van der Waals surface area contributed by atoms with Gasteiger partial charge in [0.05, 0.1) is 12.1 Å². The standard InChI is InChI=1S/C21H24N4O3/c1-14-17(15(2)23(3)22-14)13-20(26)24-8-10-25(11-9-24)21(27)19-12-16-6-4-5-7-18(16)28-19/h4-7,12H,8-11,13H2,1-3H3. The van der Waals surface area contributed by atoms with E-state index in [-0.39, 0.29) is 11.8 Å². The van der Waals surface area contributed by atoms with E-state index < -0.39 is 0 Å². The van der Waals surface area contributed by atoms with E-state index in [1.54, 1.807) is 11.0 Å². The fraction of sp³-hybridized carbons (Fsp3) is 0.381. The van der Waals surface area contributed by atoms with Crippen LogP contribution in [0.2, 0.25) is 0 Å². The Bertz CT molecular complexity index is 1010. The highest BCUT2D eigenvalue weighted by Gasteiger charge is 2.27. The van der Waals surface area contributed by atoms with Gasteiger partial charge in [-0.2, -0.15) is 5.10 Å². The molecule has 0 unspecified atom stereocenters. The first kappa shape index (κ1) is 18.3. The summed E-state index contributed by atoms with van der Waals surface area (Å²) in [6.07, 6.45) is 0.350. The first-order valence-electron chi connectivity index (χ1n) is 9.48. The van der Waals surface area contributed by atoms with Crippen LogP contribution >= 0.6 is 0 Å². The molecule has 0 aliphatic carbocycles. The van der Waals surface area contributed by atoms with Crippen molar-refractivity contribution in [3.05, 3.63) is 53.0 Å². The van der Waals surface area contributed by atoms with Crippen molar-refractivity contribution in [2.75, 3.05) is 26.2 Å². The number of hydrogen-bond acceptors (Lipinski definition) is 4. The second-order valence-corrected chi connectivity index (χ2v) is 7.27. The van der Waals surface area contributed by atoms with Crippen molar-refractivity contribution in [2.24, 2.45) is 7.05 Å². The minimum absolute atomic E-state index is 0.0787. The molecule has 4 rings (SSSR count). The summed E-state index contributed by atoms with van der Waals surface area (Å²) >= 11 is 0. The van der Waals surface area contributed by atoms with Gasteiger partial charge in [0.25, 0.3) is 5.91 Å². The Labute approximate surface area is 163 Å². The predicted molar refractivity (Wildman–Crippen MR) is 105 cm³/mol. The highest BCUT2D eigenvalue weighted by atomic mass is 16.3. The first-order valence-corrected chi connectivity index (χ1v) is 9.48. The Kier molecular flexibility index (Phi) is 4.66. The van der Waals surface area contributed by atoms with Gasteiger partial charge in [-0.15, -0.1) is 0 Å². The van der Waals surface area contributed by atoms with Crippen LogP contribution in [-0.4, -0.2) is 57.6 Å². The van der Waals surface area contributed by atoms with E-state index in [1.165, 1.54) is 0 Å². The molecule has 2 amide bonds. The van der Waals surface area contributed by atoms with Crippen molar-refractivity contribution < 1.29 is 14.0 Å². The lowest BCUT2D eigenvalue weighted by molar-refractivity contribution is -0.131. The summed E-state index contributed by atoms with van der Waals surface area (Å²) in [5.41, 5.74) is 3.62. The number of aromatic nitrogens is 2. The monoisotopic (exact) mass is 380 g/mol. The van der Waals surface area contributed by atoms with Crippen LogP contribution in [0.3, 0.4) is 0 Å². The minimum atomic E-state index is -0.123. The Hall–Kier alpha value is -3.09. The number of benzene rings is 1. The molecule has 146 valence electrons. The molecular weight excluding hydrogens is 356 g/mol. The van der Waals surface area contributed by atoms with E-state index in [9.17, 15) is 9.59 Å². The SMILES string of the molecule is Cc1nn(C)c(C)c1CC(=O)N1CCN(C(=O)c2cc3ccccc3o2)CC1. The number of amides is 2. The fourth-order valence-electron chi connectivity index (χ4n) is 3.74. The van der Waals surface area contributed by atoms with Gasteiger partial charge in [-0.25, -0.2) is 0 Å². The quantitative estimate of drug-likeness (QED) is 0.699. The Morgan fingerprint density at radius 2 is 1.75 bits per heavy atom. The zero-order valence-electron chi connectivity index (χ0n) is 16.4. The highest BCUT2D eigenvalue weighted by molar-refractivity contribution is 5.96. The number of aryl methyl sites for hydroxylation is 2. The molecule has 3 heterocycles. The van der Waals surface area contributed by atoms with E-state index in [0.29, 0.717) is 43.9 Å². The Morgan fingerprint density at radius 3 is 2.39 bits per heavy atom. The van der Waals surface area contributed by atoms with Gasteiger partial charge >= 0.3 is 0 Å². The van der Waals surface area contributed by atoms with Crippen molar-refractivity contribution in [3.8, 4) is 0 Å². The molecule has 7 heteroatoms. The average Bonchev–Trinajstić information content (AvgIpc) is 3.24. The van der Waals surface area contributed by atoms with E-state index in [4.69, 9.17) is 4.42 Å². The normalized spacial score (nSPS) is 14.7. The smallest absolute Gasteiger partial charge is 0.289 e. The van der Waals surface area contributed by atoms with Gasteiger partial charge in [-0.1, -0.05) is 18.2 Å². The summed E-state index contributed by atoms with van der Waals surface area (Å²) in [6, 6.07) is 9.36. The second kappa shape index (κ2) is 7.14. The first-order chi connectivity index (χ1) is 13.4. The Balaban J connectivity index is 1.38. The maximum atomic E-state index is 12.7. The van der Waals surface area contributed by atoms with E-state index in [0.717, 1.165) is 22.3 Å². The van der Waals surface area contributed by atoms with Gasteiger partial charge in [0.2, 0.25) is 5.91 Å². The number of para-hydroxylation sites is 1. The van der Waals surface area contributed by atoms with Crippen LogP contribution in [0.4, 0.5) is 0 Å². The lowest BCUT2D eigenvalue weighted by Crippen LogP contribution is -2.51. The number of nitrogens with zero attached hydrogens (tertiary/aromatic N) is 4. The molecule has 28 heavy (non-hydrogen) atoms. The molecule has 1 aromatic carbocycles. The summed E-state index contributed by atoms with van der Waals surface area (Å²) in [5.74, 6) is 0.305. The summed E-state index contributed by atoms with van der Waals surface area (Å²) in [4.78, 5) is 29.0. The van der Waals surface area contributed by atoms with Crippen LogP contribution in [0.25, 0.3) is 11.0 Å². The zero-order valence-corrected chi connectivity index (χ0v) is 16.4. The lowest BCUT2D eigenvalue weighted by Gasteiger charge is -2.34. The third-order valence-electron chi connectivity index (χ3n) is 5.54. The van der Waals surface area contributed by atoms with Crippen LogP contribution < -0.4 is 0 Å². The molecule has 0 radical (unpaired) electrons. The number of hydrogen-bond donors (Lipinski definition) is 0. The third kappa shape index (κ3) is 3.28. The topological polar surface area (TPSA) is 71.6 Å². The van der Waals surface area contributed by atoms with Crippen molar-refractivity contribution >= 4 is 22.8 Å². The highest BCUT2D eigenvalue weighted by Crippen LogP contribution is 2.21. The molecule has 7 nitrogen and oxygen atoms in total. The third-order valence-corrected chi connectivity index (χ3v) is 5.54. The number of carbonyl (C=O) groups is 2. The Morgan fingerprint density at radius 1 is 1.07 bits per heavy atom. The molecular formula is C21H24N4O3. The van der Waals surface area contributed by atoms with Crippen molar-refractivity contribution in [3.63, 3.8) is 0 Å². The summed E-state index contributed by atoms with van der Waals surface area (Å²) in [5, 5.41) is 5.30. The number of furan rings is 1. The molecule has 1 aliphatic rings. The number of fused-ring (bicyclic) bond motifs is 1. The second-order valence-electron chi connectivity index (χ2n) is 7.27. The predicted octanol–water partition coefficient (Wildman–Crippen LogP) is 2.31. The summed E-state index contributed by atoms with van der Waals surface area (Å²) < 4.78 is 7.49. The number of rotatable bonds is 3. The molecule has 1 fully saturated rings.